The van der Waals surface area contributed by atoms with Gasteiger partial charge in [0.05, 0.1) is 27.6 Å². The van der Waals surface area contributed by atoms with Crippen LogP contribution < -0.4 is 10.2 Å². The van der Waals surface area contributed by atoms with E-state index in [4.69, 9.17) is 4.84 Å². The molecule has 0 atom stereocenters. The van der Waals surface area contributed by atoms with Crippen LogP contribution in [0.5, 0.6) is 0 Å². The molecule has 4 aliphatic heterocycles. The molecular formula is C55H47N4O10S2+. The molecule has 0 bridgehead atoms. The largest absolute Gasteiger partial charge is 0.363 e. The van der Waals surface area contributed by atoms with Gasteiger partial charge in [-0.1, -0.05) is 85.0 Å². The van der Waals surface area contributed by atoms with Crippen molar-refractivity contribution in [3.63, 3.8) is 0 Å². The highest BCUT2D eigenvalue weighted by Gasteiger charge is 2.38. The zero-order valence-corrected chi connectivity index (χ0v) is 40.0. The summed E-state index contributed by atoms with van der Waals surface area (Å²) in [4.78, 5) is 44.8. The lowest BCUT2D eigenvalue weighted by Gasteiger charge is -2.26. The summed E-state index contributed by atoms with van der Waals surface area (Å²) < 4.78 is 72.7. The molecule has 11 rings (SSSR count). The summed E-state index contributed by atoms with van der Waals surface area (Å²) in [6.07, 6.45) is 11.9. The van der Waals surface area contributed by atoms with Gasteiger partial charge in [0.2, 0.25) is 11.4 Å². The Hall–Kier alpha value is -7.50. The van der Waals surface area contributed by atoms with Crippen LogP contribution in [0.2, 0.25) is 0 Å². The Morgan fingerprint density at radius 2 is 1.48 bits per heavy atom. The van der Waals surface area contributed by atoms with Crippen LogP contribution in [-0.2, 0) is 41.2 Å². The zero-order chi connectivity index (χ0) is 49.2. The first-order valence-electron chi connectivity index (χ1n) is 23.5. The maximum Gasteiger partial charge on any atom is 0.363 e. The van der Waals surface area contributed by atoms with E-state index in [2.05, 4.69) is 62.6 Å². The maximum absolute atomic E-state index is 13.2. The Morgan fingerprint density at radius 1 is 0.746 bits per heavy atom. The van der Waals surface area contributed by atoms with E-state index in [9.17, 15) is 40.3 Å². The van der Waals surface area contributed by atoms with Gasteiger partial charge in [0.15, 0.2) is 0 Å². The van der Waals surface area contributed by atoms with Crippen molar-refractivity contribution >= 4 is 104 Å². The average Bonchev–Trinajstić information content (AvgIpc) is 4.00. The Morgan fingerprint density at radius 3 is 2.24 bits per heavy atom. The van der Waals surface area contributed by atoms with Crippen molar-refractivity contribution in [2.45, 2.75) is 56.4 Å². The van der Waals surface area contributed by atoms with Gasteiger partial charge < -0.3 is 14.3 Å². The molecule has 358 valence electrons. The van der Waals surface area contributed by atoms with Gasteiger partial charge >= 0.3 is 5.97 Å². The normalized spacial score (nSPS) is 16.9. The molecule has 0 spiro atoms. The van der Waals surface area contributed by atoms with Gasteiger partial charge in [-0.25, -0.2) is 4.79 Å². The van der Waals surface area contributed by atoms with Crippen LogP contribution in [0.25, 0.3) is 43.6 Å². The number of hydrogen-bond donors (Lipinski definition) is 2. The number of aromatic nitrogens is 1. The minimum Gasteiger partial charge on any atom is -0.341 e. The number of hydroxylamine groups is 2. The molecule has 0 unspecified atom stereocenters. The molecule has 71 heavy (non-hydrogen) atoms. The molecule has 2 amide bonds. The fourth-order valence-electron chi connectivity index (χ4n) is 10.8. The van der Waals surface area contributed by atoms with Crippen LogP contribution >= 0.6 is 0 Å². The average molecular weight is 988 g/mol. The maximum atomic E-state index is 13.2. The zero-order valence-electron chi connectivity index (χ0n) is 38.3. The number of aryl methyl sites for hydroxylation is 1. The Balaban J connectivity index is 1.01. The van der Waals surface area contributed by atoms with Gasteiger partial charge in [0.25, 0.3) is 32.1 Å². The first-order chi connectivity index (χ1) is 34.2. The molecule has 4 aliphatic rings. The number of carbonyl (C=O) groups is 3. The molecule has 1 aromatic heterocycles. The molecule has 6 aromatic carbocycles. The predicted molar refractivity (Wildman–Crippen MR) is 272 cm³/mol. The minimum atomic E-state index is -4.48. The molecule has 0 aliphatic carbocycles. The molecule has 14 nitrogen and oxygen atoms in total. The molecule has 0 radical (unpaired) electrons. The summed E-state index contributed by atoms with van der Waals surface area (Å²) in [5.41, 5.74) is 9.92. The number of allylic oxidation sites excluding steroid dienone is 6. The van der Waals surface area contributed by atoms with Gasteiger partial charge in [-0.3, -0.25) is 18.7 Å². The lowest BCUT2D eigenvalue weighted by molar-refractivity contribution is -0.439. The summed E-state index contributed by atoms with van der Waals surface area (Å²) >= 11 is 0. The van der Waals surface area contributed by atoms with Crippen molar-refractivity contribution in [3.8, 4) is 0 Å². The number of rotatable bonds is 13. The summed E-state index contributed by atoms with van der Waals surface area (Å²) in [7, 11) is -8.63. The molecular weight excluding hydrogens is 941 g/mol. The summed E-state index contributed by atoms with van der Waals surface area (Å²) in [6.45, 7) is 1.90. The van der Waals surface area contributed by atoms with E-state index < -0.39 is 38.0 Å². The lowest BCUT2D eigenvalue weighted by atomic mass is 9.93. The number of fused-ring (bicyclic) bond motifs is 5. The van der Waals surface area contributed by atoms with Crippen LogP contribution in [0, 0.1) is 0 Å². The van der Waals surface area contributed by atoms with Crippen LogP contribution in [0.1, 0.15) is 66.4 Å². The van der Waals surface area contributed by atoms with Crippen molar-refractivity contribution in [3.05, 3.63) is 167 Å². The highest BCUT2D eigenvalue weighted by Crippen LogP contribution is 2.45. The van der Waals surface area contributed by atoms with Gasteiger partial charge in [0.1, 0.15) is 11.4 Å². The minimum absolute atomic E-state index is 0.0160. The number of hydrogen-bond acceptors (Lipinski definition) is 9. The number of carbonyl (C=O) groups excluding carboxylic acids is 3. The van der Waals surface area contributed by atoms with Gasteiger partial charge in [0, 0.05) is 82.4 Å². The molecule has 1 saturated heterocycles. The fourth-order valence-corrected chi connectivity index (χ4v) is 11.9. The smallest absolute Gasteiger partial charge is 0.341 e. The van der Waals surface area contributed by atoms with Crippen LogP contribution in [-0.4, -0.2) is 82.5 Å². The number of para-hydroxylation sites is 1. The van der Waals surface area contributed by atoms with E-state index in [0.717, 1.165) is 122 Å². The fraction of sp³-hybridized carbons (Fsp3) is 0.200. The van der Waals surface area contributed by atoms with Crippen molar-refractivity contribution in [1.29, 1.82) is 0 Å². The summed E-state index contributed by atoms with van der Waals surface area (Å²) in [5, 5.41) is 5.74. The number of benzene rings is 6. The van der Waals surface area contributed by atoms with Gasteiger partial charge in [-0.15, -0.1) is 5.06 Å². The third kappa shape index (κ3) is 8.45. The van der Waals surface area contributed by atoms with Gasteiger partial charge in [-0.05, 0) is 90.9 Å². The summed E-state index contributed by atoms with van der Waals surface area (Å²) in [6, 6.07) is 35.9. The number of anilines is 2. The topological polar surface area (TPSA) is 184 Å². The van der Waals surface area contributed by atoms with Crippen molar-refractivity contribution in [1.82, 2.24) is 9.63 Å². The predicted octanol–water partition coefficient (Wildman–Crippen LogP) is 9.00. The van der Waals surface area contributed by atoms with Crippen LogP contribution in [0.3, 0.4) is 0 Å². The monoisotopic (exact) mass is 987 g/mol. The van der Waals surface area contributed by atoms with E-state index in [1.807, 2.05) is 48.5 Å². The van der Waals surface area contributed by atoms with E-state index in [1.54, 1.807) is 36.4 Å². The lowest BCUT2D eigenvalue weighted by Crippen LogP contribution is -2.32. The second kappa shape index (κ2) is 18.0. The van der Waals surface area contributed by atoms with Crippen LogP contribution in [0.4, 0.5) is 17.1 Å². The van der Waals surface area contributed by atoms with Crippen LogP contribution in [0.15, 0.2) is 150 Å². The first-order valence-corrected chi connectivity index (χ1v) is 26.6. The van der Waals surface area contributed by atoms with E-state index in [1.165, 1.54) is 6.07 Å². The molecule has 1 fully saturated rings. The Labute approximate surface area is 409 Å². The Bertz CT molecular complexity index is 3820. The highest BCUT2D eigenvalue weighted by atomic mass is 32.2. The second-order valence-corrected chi connectivity index (χ2v) is 21.1. The molecule has 5 heterocycles. The first kappa shape index (κ1) is 45.9. The second-order valence-electron chi connectivity index (χ2n) is 18.2. The van der Waals surface area contributed by atoms with E-state index in [0.29, 0.717) is 17.0 Å². The SMILES string of the molecule is O=C(ON1C(=O)CCC1=O)c1ccc(C(=C\C=C2/CCC[N+]3=C2c2cccc4c(N(CCCS(=O)(=O)O)c5ccccc5)ccc3c24)/C=C/C2=c3c4cccc5c(S(=O)(=O)O)ccc(c54)n3CCC2)cc1. The standard InChI is InChI=1S/C55H46N4O10S2/c60-49-29-30-50(61)59(49)69-55(62)39-23-19-36(20-24-39)35(18-22-38-10-7-32-58-47-27-28-48(71(66,67)68)42-14-5-16-44(52(42)47)54(38)58)17-21-37-9-6-31-57-46-26-25-45(41-13-4-15-43(51(41)46)53(37)57)56(33-8-34-70(63,64)65)40-11-2-1-3-12-40/h1-5,11-28H,6-10,29-34H2,(H-,63,64,65,66,67,68)/p+1. The molecule has 0 saturated carbocycles. The number of nitrogens with zero attached hydrogens (tertiary/aromatic N) is 4. The molecule has 7 aromatic rings. The van der Waals surface area contributed by atoms with Crippen molar-refractivity contribution < 1.29 is 49.7 Å². The summed E-state index contributed by atoms with van der Waals surface area (Å²) in [5.74, 6) is -2.31. The third-order valence-electron chi connectivity index (χ3n) is 13.9. The van der Waals surface area contributed by atoms with E-state index >= 15 is 0 Å². The van der Waals surface area contributed by atoms with E-state index in [-0.39, 0.29) is 35.5 Å². The highest BCUT2D eigenvalue weighted by molar-refractivity contribution is 7.86. The number of imide groups is 1. The van der Waals surface area contributed by atoms with Gasteiger partial charge in [-0.2, -0.15) is 21.4 Å². The Kier molecular flexibility index (Phi) is 11.7. The molecule has 2 N–H and O–H groups in total. The number of amides is 2. The molecule has 16 heteroatoms. The van der Waals surface area contributed by atoms with Crippen molar-refractivity contribution in [2.75, 3.05) is 23.7 Å². The third-order valence-corrected chi connectivity index (χ3v) is 15.6. The quantitative estimate of drug-likeness (QED) is 0.0487. The van der Waals surface area contributed by atoms with Crippen molar-refractivity contribution in [2.24, 2.45) is 0 Å².